The fourth-order valence-corrected chi connectivity index (χ4v) is 4.07. The maximum absolute atomic E-state index is 11.3. The highest BCUT2D eigenvalue weighted by Gasteiger charge is 2.32. The zero-order chi connectivity index (χ0) is 15.4. The molecule has 0 aromatic heterocycles. The summed E-state index contributed by atoms with van der Waals surface area (Å²) in [6, 6.07) is 4.94. The summed E-state index contributed by atoms with van der Waals surface area (Å²) >= 11 is 11.7. The lowest BCUT2D eigenvalue weighted by molar-refractivity contribution is 0.155. The van der Waals surface area contributed by atoms with E-state index >= 15 is 0 Å². The van der Waals surface area contributed by atoms with E-state index in [0.717, 1.165) is 0 Å². The predicted octanol–water partition coefficient (Wildman–Crippen LogP) is 4.75. The number of hydrogen-bond donors (Lipinski definition) is 0. The number of ether oxygens (including phenoxy) is 1. The molecule has 0 spiro atoms. The lowest BCUT2D eigenvalue weighted by Gasteiger charge is -2.30. The molecule has 0 heterocycles. The molecule has 20 heavy (non-hydrogen) atoms. The fraction of sp³-hybridized carbons (Fsp3) is 0.538. The molecular weight excluding hydrogens is 343 g/mol. The highest BCUT2D eigenvalue weighted by molar-refractivity contribution is 8.13. The first-order valence-corrected chi connectivity index (χ1v) is 9.45. The Kier molecular flexibility index (Phi) is 6.45. The van der Waals surface area contributed by atoms with E-state index in [-0.39, 0.29) is 12.4 Å². The molecule has 0 aliphatic heterocycles. The van der Waals surface area contributed by atoms with E-state index in [1.807, 2.05) is 13.8 Å². The monoisotopic (exact) mass is 358 g/mol. The topological polar surface area (TPSA) is 43.4 Å². The minimum Gasteiger partial charge on any atom is -0.493 e. The molecule has 0 atom stereocenters. The summed E-state index contributed by atoms with van der Waals surface area (Å²) in [5, 5.41) is 0.840. The molecule has 0 N–H and O–H groups in total. The van der Waals surface area contributed by atoms with Crippen molar-refractivity contribution in [1.82, 2.24) is 0 Å². The van der Waals surface area contributed by atoms with Crippen LogP contribution >= 0.6 is 33.9 Å². The molecule has 7 heteroatoms. The van der Waals surface area contributed by atoms with Crippen molar-refractivity contribution in [3.05, 3.63) is 28.2 Å². The van der Waals surface area contributed by atoms with Crippen LogP contribution in [0.25, 0.3) is 0 Å². The average molecular weight is 360 g/mol. The van der Waals surface area contributed by atoms with E-state index in [1.54, 1.807) is 18.2 Å². The van der Waals surface area contributed by atoms with Crippen molar-refractivity contribution < 1.29 is 13.2 Å². The van der Waals surface area contributed by atoms with Crippen LogP contribution in [0.4, 0.5) is 0 Å². The minimum atomic E-state index is -3.58. The zero-order valence-electron chi connectivity index (χ0n) is 11.3. The molecule has 1 rings (SSSR count). The Morgan fingerprint density at radius 2 is 1.75 bits per heavy atom. The Morgan fingerprint density at radius 3 is 2.20 bits per heavy atom. The molecule has 0 aliphatic rings. The van der Waals surface area contributed by atoms with Crippen LogP contribution in [0.5, 0.6) is 5.75 Å². The van der Waals surface area contributed by atoms with Gasteiger partial charge in [-0.25, -0.2) is 8.42 Å². The molecule has 0 radical (unpaired) electrons. The van der Waals surface area contributed by atoms with Gasteiger partial charge in [-0.05, 0) is 25.0 Å². The van der Waals surface area contributed by atoms with Crippen LogP contribution in [0.2, 0.25) is 10.0 Å². The number of rotatable bonds is 7. The largest absolute Gasteiger partial charge is 0.493 e. The van der Waals surface area contributed by atoms with Crippen LogP contribution < -0.4 is 4.74 Å². The van der Waals surface area contributed by atoms with Gasteiger partial charge in [-0.2, -0.15) is 0 Å². The first-order valence-electron chi connectivity index (χ1n) is 6.21. The highest BCUT2D eigenvalue weighted by Crippen LogP contribution is 2.32. The Labute approximate surface area is 134 Å². The Bertz CT molecular complexity index is 554. The molecule has 0 saturated carbocycles. The van der Waals surface area contributed by atoms with Gasteiger partial charge in [0, 0.05) is 22.2 Å². The van der Waals surface area contributed by atoms with E-state index in [0.29, 0.717) is 28.6 Å². The van der Waals surface area contributed by atoms with Crippen molar-refractivity contribution in [2.75, 3.05) is 12.4 Å². The first kappa shape index (κ1) is 17.9. The van der Waals surface area contributed by atoms with Crippen molar-refractivity contribution >= 4 is 42.9 Å². The van der Waals surface area contributed by atoms with E-state index < -0.39 is 14.5 Å². The van der Waals surface area contributed by atoms with Crippen LogP contribution in [0.3, 0.4) is 0 Å². The average Bonchev–Trinajstić information content (AvgIpc) is 2.37. The van der Waals surface area contributed by atoms with Crippen LogP contribution in [0.1, 0.15) is 26.7 Å². The zero-order valence-corrected chi connectivity index (χ0v) is 14.4. The second kappa shape index (κ2) is 7.21. The standard InChI is InChI=1S/C13H17Cl3O3S/c1-3-13(4-2,9-20(16,17)18)8-19-10-5-6-11(14)12(15)7-10/h5-7H,3-4,8-9H2,1-2H3. The van der Waals surface area contributed by atoms with E-state index in [9.17, 15) is 8.42 Å². The molecule has 3 nitrogen and oxygen atoms in total. The fourth-order valence-electron chi connectivity index (χ4n) is 1.87. The van der Waals surface area contributed by atoms with Gasteiger partial charge in [0.05, 0.1) is 22.4 Å². The van der Waals surface area contributed by atoms with Crippen molar-refractivity contribution in [3.63, 3.8) is 0 Å². The second-order valence-corrected chi connectivity index (χ2v) is 8.35. The minimum absolute atomic E-state index is 0.115. The van der Waals surface area contributed by atoms with Crippen LogP contribution in [-0.4, -0.2) is 20.8 Å². The van der Waals surface area contributed by atoms with E-state index in [2.05, 4.69) is 0 Å². The molecule has 0 bridgehead atoms. The van der Waals surface area contributed by atoms with Gasteiger partial charge in [0.15, 0.2) is 0 Å². The van der Waals surface area contributed by atoms with Crippen molar-refractivity contribution in [1.29, 1.82) is 0 Å². The number of benzene rings is 1. The summed E-state index contributed by atoms with van der Waals surface area (Å²) in [6.07, 6.45) is 1.30. The third-order valence-corrected chi connectivity index (χ3v) is 5.44. The molecule has 0 fully saturated rings. The summed E-state index contributed by atoms with van der Waals surface area (Å²) in [7, 11) is 1.80. The van der Waals surface area contributed by atoms with Crippen molar-refractivity contribution in [2.45, 2.75) is 26.7 Å². The summed E-state index contributed by atoms with van der Waals surface area (Å²) in [6.45, 7) is 4.09. The Morgan fingerprint density at radius 1 is 1.15 bits per heavy atom. The molecule has 114 valence electrons. The van der Waals surface area contributed by atoms with Crippen LogP contribution in [-0.2, 0) is 9.05 Å². The van der Waals surface area contributed by atoms with Crippen LogP contribution in [0, 0.1) is 5.41 Å². The molecule has 1 aromatic rings. The van der Waals surface area contributed by atoms with Gasteiger partial charge in [-0.3, -0.25) is 0 Å². The summed E-state index contributed by atoms with van der Waals surface area (Å²) in [4.78, 5) is 0. The normalized spacial score (nSPS) is 12.4. The van der Waals surface area contributed by atoms with Gasteiger partial charge in [0.1, 0.15) is 5.75 Å². The Hall–Kier alpha value is -0.160. The lowest BCUT2D eigenvalue weighted by Crippen LogP contribution is -2.33. The summed E-state index contributed by atoms with van der Waals surface area (Å²) < 4.78 is 28.4. The molecule has 0 saturated heterocycles. The molecular formula is C13H17Cl3O3S. The second-order valence-electron chi connectivity index (χ2n) is 4.75. The maximum Gasteiger partial charge on any atom is 0.233 e. The number of hydrogen-bond acceptors (Lipinski definition) is 3. The maximum atomic E-state index is 11.3. The van der Waals surface area contributed by atoms with Gasteiger partial charge < -0.3 is 4.74 Å². The summed E-state index contributed by atoms with van der Waals surface area (Å²) in [5.41, 5.74) is -0.507. The third kappa shape index (κ3) is 5.32. The van der Waals surface area contributed by atoms with Gasteiger partial charge in [-0.1, -0.05) is 37.0 Å². The molecule has 0 aliphatic carbocycles. The summed E-state index contributed by atoms with van der Waals surface area (Å²) in [5.74, 6) is 0.438. The molecule has 1 aromatic carbocycles. The van der Waals surface area contributed by atoms with Crippen molar-refractivity contribution in [3.8, 4) is 5.75 Å². The Balaban J connectivity index is 2.83. The predicted molar refractivity (Wildman–Crippen MR) is 84.6 cm³/mol. The van der Waals surface area contributed by atoms with E-state index in [4.69, 9.17) is 38.6 Å². The SMILES string of the molecule is CCC(CC)(COc1ccc(Cl)c(Cl)c1)CS(=O)(=O)Cl. The third-order valence-electron chi connectivity index (χ3n) is 3.41. The van der Waals surface area contributed by atoms with Gasteiger partial charge in [-0.15, -0.1) is 0 Å². The quantitative estimate of drug-likeness (QED) is 0.660. The number of halogens is 3. The lowest BCUT2D eigenvalue weighted by atomic mass is 9.85. The van der Waals surface area contributed by atoms with Crippen molar-refractivity contribution in [2.24, 2.45) is 5.41 Å². The molecule has 0 unspecified atom stereocenters. The van der Waals surface area contributed by atoms with Crippen LogP contribution in [0.15, 0.2) is 18.2 Å². The van der Waals surface area contributed by atoms with Gasteiger partial charge in [0.2, 0.25) is 9.05 Å². The van der Waals surface area contributed by atoms with Gasteiger partial charge in [0.25, 0.3) is 0 Å². The first-order chi connectivity index (χ1) is 9.21. The molecule has 0 amide bonds. The van der Waals surface area contributed by atoms with Gasteiger partial charge >= 0.3 is 0 Å². The highest BCUT2D eigenvalue weighted by atomic mass is 35.7. The smallest absolute Gasteiger partial charge is 0.233 e. The van der Waals surface area contributed by atoms with E-state index in [1.165, 1.54) is 0 Å².